The number of rotatable bonds is 10. The van der Waals surface area contributed by atoms with Gasteiger partial charge in [0.15, 0.2) is 0 Å². The van der Waals surface area contributed by atoms with Crippen LogP contribution in [0.2, 0.25) is 0 Å². The number of piperidine rings is 1. The highest BCUT2D eigenvalue weighted by Crippen LogP contribution is 2.20. The molecule has 1 atom stereocenters. The molecule has 1 aliphatic heterocycles. The maximum Gasteiger partial charge on any atom is 0.0541 e. The molecule has 1 aliphatic rings. The highest BCUT2D eigenvalue weighted by atomic mass is 32.1. The minimum Gasteiger partial charge on any atom is -0.393 e. The maximum atomic E-state index is 9.57. The normalized spacial score (nSPS) is 19.7. The van der Waals surface area contributed by atoms with Gasteiger partial charge in [0.1, 0.15) is 0 Å². The average Bonchev–Trinajstić information content (AvgIpc) is 2.42. The van der Waals surface area contributed by atoms with Crippen LogP contribution >= 0.6 is 12.6 Å². The Morgan fingerprint density at radius 1 is 1.00 bits per heavy atom. The summed E-state index contributed by atoms with van der Waals surface area (Å²) >= 11 is 4.24. The van der Waals surface area contributed by atoms with Crippen LogP contribution in [-0.4, -0.2) is 41.5 Å². The van der Waals surface area contributed by atoms with E-state index in [1.807, 2.05) is 6.92 Å². The Bertz CT molecular complexity index is 203. The highest BCUT2D eigenvalue weighted by Gasteiger charge is 2.21. The van der Waals surface area contributed by atoms with Crippen LogP contribution in [0.3, 0.4) is 0 Å². The van der Waals surface area contributed by atoms with Crippen LogP contribution < -0.4 is 0 Å². The molecule has 0 aliphatic carbocycles. The first-order valence-electron chi connectivity index (χ1n) is 8.25. The summed E-state index contributed by atoms with van der Waals surface area (Å²) in [5.74, 6) is 1.59. The molecular formula is C16H33NOS. The fourth-order valence-corrected chi connectivity index (χ4v) is 3.21. The number of hydrogen-bond acceptors (Lipinski definition) is 3. The van der Waals surface area contributed by atoms with E-state index in [2.05, 4.69) is 17.5 Å². The van der Waals surface area contributed by atoms with Crippen molar-refractivity contribution < 1.29 is 5.11 Å². The van der Waals surface area contributed by atoms with Crippen molar-refractivity contribution in [3.8, 4) is 0 Å². The molecule has 1 unspecified atom stereocenters. The molecular weight excluding hydrogens is 254 g/mol. The van der Waals surface area contributed by atoms with Crippen molar-refractivity contribution in [2.45, 2.75) is 70.8 Å². The highest BCUT2D eigenvalue weighted by molar-refractivity contribution is 7.80. The Morgan fingerprint density at radius 2 is 1.53 bits per heavy atom. The van der Waals surface area contributed by atoms with E-state index in [1.54, 1.807) is 0 Å². The molecule has 1 fully saturated rings. The molecule has 0 radical (unpaired) electrons. The molecule has 1 saturated heterocycles. The topological polar surface area (TPSA) is 23.5 Å². The maximum absolute atomic E-state index is 9.57. The lowest BCUT2D eigenvalue weighted by atomic mass is 9.92. The smallest absolute Gasteiger partial charge is 0.0541 e. The van der Waals surface area contributed by atoms with Gasteiger partial charge in [-0.25, -0.2) is 0 Å². The van der Waals surface area contributed by atoms with Crippen molar-refractivity contribution in [1.29, 1.82) is 0 Å². The molecule has 1 rings (SSSR count). The molecule has 0 aromatic heterocycles. The zero-order chi connectivity index (χ0) is 13.9. The molecule has 0 aromatic carbocycles. The molecule has 3 heteroatoms. The zero-order valence-electron chi connectivity index (χ0n) is 12.7. The van der Waals surface area contributed by atoms with Gasteiger partial charge in [-0.1, -0.05) is 32.1 Å². The third kappa shape index (κ3) is 8.21. The van der Waals surface area contributed by atoms with Gasteiger partial charge in [-0.15, -0.1) is 0 Å². The van der Waals surface area contributed by atoms with Gasteiger partial charge in [0.25, 0.3) is 0 Å². The number of thiol groups is 1. The molecule has 1 heterocycles. The van der Waals surface area contributed by atoms with Crippen LogP contribution in [0.25, 0.3) is 0 Å². The van der Waals surface area contributed by atoms with Gasteiger partial charge in [0, 0.05) is 0 Å². The number of nitrogens with zero attached hydrogens (tertiary/aromatic N) is 1. The Kier molecular flexibility index (Phi) is 10.0. The number of hydrogen-bond donors (Lipinski definition) is 2. The third-order valence-electron chi connectivity index (χ3n) is 4.45. The summed E-state index contributed by atoms with van der Waals surface area (Å²) in [6.07, 6.45) is 11.8. The van der Waals surface area contributed by atoms with Crippen molar-refractivity contribution in [2.24, 2.45) is 5.92 Å². The second-order valence-corrected chi connectivity index (χ2v) is 6.57. The summed E-state index contributed by atoms with van der Waals surface area (Å²) < 4.78 is 0. The van der Waals surface area contributed by atoms with E-state index < -0.39 is 0 Å². The van der Waals surface area contributed by atoms with Gasteiger partial charge in [-0.05, 0) is 63.9 Å². The minimum absolute atomic E-state index is 0.112. The van der Waals surface area contributed by atoms with Crippen molar-refractivity contribution in [3.63, 3.8) is 0 Å². The van der Waals surface area contributed by atoms with Crippen molar-refractivity contribution >= 4 is 12.6 Å². The second-order valence-electron chi connectivity index (χ2n) is 6.12. The van der Waals surface area contributed by atoms with E-state index >= 15 is 0 Å². The summed E-state index contributed by atoms with van der Waals surface area (Å²) in [5.41, 5.74) is 0. The fraction of sp³-hybridized carbons (Fsp3) is 1.00. The number of aliphatic hydroxyl groups is 1. The monoisotopic (exact) mass is 287 g/mol. The molecule has 0 bridgehead atoms. The van der Waals surface area contributed by atoms with E-state index in [-0.39, 0.29) is 6.10 Å². The number of aliphatic hydroxyl groups excluding tert-OH is 1. The lowest BCUT2D eigenvalue weighted by Crippen LogP contribution is -2.37. The summed E-state index contributed by atoms with van der Waals surface area (Å²) in [6, 6.07) is 0. The molecule has 0 saturated carbocycles. The Labute approximate surface area is 125 Å². The largest absolute Gasteiger partial charge is 0.393 e. The van der Waals surface area contributed by atoms with Crippen LogP contribution in [0.4, 0.5) is 0 Å². The lowest BCUT2D eigenvalue weighted by Gasteiger charge is -2.33. The standard InChI is InChI=1S/C16H33NOS/c1-15(18)16-9-12-17(13-10-16)11-7-5-3-2-4-6-8-14-19/h15-16,18-19H,2-14H2,1H3. The molecule has 114 valence electrons. The van der Waals surface area contributed by atoms with Gasteiger partial charge >= 0.3 is 0 Å². The fourth-order valence-electron chi connectivity index (χ4n) is 2.99. The van der Waals surface area contributed by atoms with E-state index in [0.717, 1.165) is 5.75 Å². The number of likely N-dealkylation sites (tertiary alicyclic amines) is 1. The quantitative estimate of drug-likeness (QED) is 0.472. The summed E-state index contributed by atoms with van der Waals surface area (Å²) in [7, 11) is 0. The SMILES string of the molecule is CC(O)C1CCN(CCCCCCCCCS)CC1. The molecule has 0 amide bonds. The van der Waals surface area contributed by atoms with Crippen LogP contribution in [0.5, 0.6) is 0 Å². The molecule has 19 heavy (non-hydrogen) atoms. The Morgan fingerprint density at radius 3 is 2.05 bits per heavy atom. The first kappa shape index (κ1) is 17.3. The van der Waals surface area contributed by atoms with Gasteiger partial charge < -0.3 is 10.0 Å². The summed E-state index contributed by atoms with van der Waals surface area (Å²) in [6.45, 7) is 5.59. The van der Waals surface area contributed by atoms with Crippen LogP contribution in [0.15, 0.2) is 0 Å². The predicted molar refractivity (Wildman–Crippen MR) is 87.0 cm³/mol. The average molecular weight is 288 g/mol. The molecule has 1 N–H and O–H groups in total. The zero-order valence-corrected chi connectivity index (χ0v) is 13.6. The second kappa shape index (κ2) is 11.0. The first-order valence-corrected chi connectivity index (χ1v) is 8.88. The Balaban J connectivity index is 1.88. The predicted octanol–water partition coefficient (Wildman–Crippen LogP) is 3.74. The van der Waals surface area contributed by atoms with E-state index in [0.29, 0.717) is 5.92 Å². The lowest BCUT2D eigenvalue weighted by molar-refractivity contribution is 0.0713. The van der Waals surface area contributed by atoms with E-state index in [9.17, 15) is 5.11 Å². The molecule has 2 nitrogen and oxygen atoms in total. The van der Waals surface area contributed by atoms with Crippen molar-refractivity contribution in [3.05, 3.63) is 0 Å². The molecule has 0 spiro atoms. The van der Waals surface area contributed by atoms with Gasteiger partial charge in [0.2, 0.25) is 0 Å². The van der Waals surface area contributed by atoms with Gasteiger partial charge in [-0.3, -0.25) is 0 Å². The van der Waals surface area contributed by atoms with Gasteiger partial charge in [0.05, 0.1) is 6.10 Å². The first-order chi connectivity index (χ1) is 9.24. The van der Waals surface area contributed by atoms with E-state index in [1.165, 1.54) is 77.4 Å². The van der Waals surface area contributed by atoms with Gasteiger partial charge in [-0.2, -0.15) is 12.6 Å². The van der Waals surface area contributed by atoms with Crippen LogP contribution in [-0.2, 0) is 0 Å². The molecule has 0 aromatic rings. The van der Waals surface area contributed by atoms with Crippen LogP contribution in [0.1, 0.15) is 64.7 Å². The van der Waals surface area contributed by atoms with Crippen molar-refractivity contribution in [2.75, 3.05) is 25.4 Å². The summed E-state index contributed by atoms with van der Waals surface area (Å²) in [4.78, 5) is 2.58. The third-order valence-corrected chi connectivity index (χ3v) is 4.76. The number of unbranched alkanes of at least 4 members (excludes halogenated alkanes) is 6. The van der Waals surface area contributed by atoms with E-state index in [4.69, 9.17) is 0 Å². The minimum atomic E-state index is -0.112. The summed E-state index contributed by atoms with van der Waals surface area (Å²) in [5, 5.41) is 9.57. The Hall–Kier alpha value is 0.270. The van der Waals surface area contributed by atoms with Crippen molar-refractivity contribution in [1.82, 2.24) is 4.90 Å². The van der Waals surface area contributed by atoms with Crippen LogP contribution in [0, 0.1) is 5.92 Å².